The van der Waals surface area contributed by atoms with Crippen LogP contribution in [0.25, 0.3) is 11.5 Å². The molecule has 1 aliphatic rings. The molecule has 10 nitrogen and oxygen atoms in total. The van der Waals surface area contributed by atoms with E-state index in [0.717, 1.165) is 23.2 Å². The monoisotopic (exact) mass is 457 g/mol. The van der Waals surface area contributed by atoms with Crippen LogP contribution in [0.5, 0.6) is 0 Å². The maximum Gasteiger partial charge on any atom is 0.253 e. The number of benzene rings is 2. The largest absolute Gasteiger partial charge is 0.421 e. The van der Waals surface area contributed by atoms with Gasteiger partial charge in [0.05, 0.1) is 18.2 Å². The van der Waals surface area contributed by atoms with Crippen LogP contribution in [-0.4, -0.2) is 44.3 Å². The first kappa shape index (κ1) is 21.5. The van der Waals surface area contributed by atoms with Crippen molar-refractivity contribution in [3.8, 4) is 11.5 Å². The summed E-state index contributed by atoms with van der Waals surface area (Å²) in [7, 11) is 0. The van der Waals surface area contributed by atoms with Gasteiger partial charge < -0.3 is 25.5 Å². The highest BCUT2D eigenvalue weighted by atomic mass is 16.4. The predicted molar refractivity (Wildman–Crippen MR) is 126 cm³/mol. The minimum absolute atomic E-state index is 0.0642. The lowest BCUT2D eigenvalue weighted by molar-refractivity contribution is 0.0946. The van der Waals surface area contributed by atoms with E-state index in [1.54, 1.807) is 19.2 Å². The Balaban J connectivity index is 1.48. The third-order valence-corrected chi connectivity index (χ3v) is 5.53. The maximum absolute atomic E-state index is 12.0. The van der Waals surface area contributed by atoms with Gasteiger partial charge in [0.1, 0.15) is 5.82 Å². The Morgan fingerprint density at radius 2 is 2.00 bits per heavy atom. The topological polar surface area (TPSA) is 138 Å². The number of nitrogens with zero attached hydrogens (tertiary/aromatic N) is 4. The molecule has 0 saturated carbocycles. The SMILES string of the molecule is Cc1nnc(-c2cnc(Nc3ccc4c(c3)CCNC4=O)nc2N[C@H](CO)c2ccccc2)o1. The Kier molecular flexibility index (Phi) is 5.88. The number of aliphatic hydroxyl groups is 1. The van der Waals surface area contributed by atoms with Crippen LogP contribution in [0.3, 0.4) is 0 Å². The third kappa shape index (κ3) is 4.44. The summed E-state index contributed by atoms with van der Waals surface area (Å²) >= 11 is 0. The highest BCUT2D eigenvalue weighted by Gasteiger charge is 2.20. The van der Waals surface area contributed by atoms with E-state index in [9.17, 15) is 9.90 Å². The fraction of sp³-hybridized carbons (Fsp3) is 0.208. The second-order valence-electron chi connectivity index (χ2n) is 7.88. The third-order valence-electron chi connectivity index (χ3n) is 5.53. The van der Waals surface area contributed by atoms with Crippen LogP contribution in [0.2, 0.25) is 0 Å². The van der Waals surface area contributed by atoms with E-state index in [2.05, 4.69) is 36.1 Å². The molecular weight excluding hydrogens is 434 g/mol. The molecule has 34 heavy (non-hydrogen) atoms. The maximum atomic E-state index is 12.0. The summed E-state index contributed by atoms with van der Waals surface area (Å²) in [5.74, 6) is 1.40. The van der Waals surface area contributed by atoms with Crippen molar-refractivity contribution in [1.29, 1.82) is 0 Å². The number of carbonyl (C=O) groups is 1. The number of aliphatic hydroxyl groups excluding tert-OH is 1. The molecule has 1 atom stereocenters. The summed E-state index contributed by atoms with van der Waals surface area (Å²) in [6.45, 7) is 2.17. The van der Waals surface area contributed by atoms with E-state index in [-0.39, 0.29) is 18.4 Å². The molecule has 5 rings (SSSR count). The van der Waals surface area contributed by atoms with Crippen LogP contribution in [0, 0.1) is 6.92 Å². The van der Waals surface area contributed by atoms with Gasteiger partial charge in [-0.25, -0.2) is 4.98 Å². The molecule has 1 aliphatic heterocycles. The van der Waals surface area contributed by atoms with Crippen molar-refractivity contribution in [3.05, 3.63) is 77.3 Å². The molecule has 0 bridgehead atoms. The molecule has 0 unspecified atom stereocenters. The van der Waals surface area contributed by atoms with Crippen molar-refractivity contribution in [2.75, 3.05) is 23.8 Å². The Morgan fingerprint density at radius 3 is 2.76 bits per heavy atom. The van der Waals surface area contributed by atoms with E-state index in [1.807, 2.05) is 42.5 Å². The molecular formula is C24H23N7O3. The van der Waals surface area contributed by atoms with Crippen LogP contribution in [0.1, 0.15) is 33.4 Å². The average Bonchev–Trinajstić information content (AvgIpc) is 3.29. The predicted octanol–water partition coefficient (Wildman–Crippen LogP) is 3.01. The molecule has 4 N–H and O–H groups in total. The van der Waals surface area contributed by atoms with E-state index in [4.69, 9.17) is 4.42 Å². The second kappa shape index (κ2) is 9.28. The van der Waals surface area contributed by atoms with Gasteiger partial charge in [0.2, 0.25) is 11.8 Å². The van der Waals surface area contributed by atoms with Gasteiger partial charge in [-0.05, 0) is 35.7 Å². The smallest absolute Gasteiger partial charge is 0.253 e. The summed E-state index contributed by atoms with van der Waals surface area (Å²) in [6, 6.07) is 14.7. The fourth-order valence-corrected chi connectivity index (χ4v) is 3.83. The van der Waals surface area contributed by atoms with Gasteiger partial charge in [-0.15, -0.1) is 10.2 Å². The molecule has 4 aromatic rings. The number of carbonyl (C=O) groups excluding carboxylic acids is 1. The number of nitrogens with one attached hydrogen (secondary N) is 3. The first-order valence-corrected chi connectivity index (χ1v) is 10.9. The highest BCUT2D eigenvalue weighted by molar-refractivity contribution is 5.97. The zero-order valence-corrected chi connectivity index (χ0v) is 18.4. The van der Waals surface area contributed by atoms with Gasteiger partial charge in [0.25, 0.3) is 11.8 Å². The van der Waals surface area contributed by atoms with Crippen molar-refractivity contribution in [1.82, 2.24) is 25.5 Å². The van der Waals surface area contributed by atoms with Gasteiger partial charge in [-0.2, -0.15) is 4.98 Å². The highest BCUT2D eigenvalue weighted by Crippen LogP contribution is 2.30. The van der Waals surface area contributed by atoms with Gasteiger partial charge in [-0.3, -0.25) is 4.79 Å². The number of aromatic nitrogens is 4. The summed E-state index contributed by atoms with van der Waals surface area (Å²) in [6.07, 6.45) is 2.35. The van der Waals surface area contributed by atoms with Crippen molar-refractivity contribution >= 4 is 23.4 Å². The molecule has 0 aliphatic carbocycles. The average molecular weight is 457 g/mol. The van der Waals surface area contributed by atoms with E-state index in [0.29, 0.717) is 35.3 Å². The van der Waals surface area contributed by atoms with Gasteiger partial charge in [0.15, 0.2) is 0 Å². The number of amides is 1. The van der Waals surface area contributed by atoms with Crippen LogP contribution in [-0.2, 0) is 6.42 Å². The number of anilines is 3. The molecule has 2 aromatic carbocycles. The molecule has 0 radical (unpaired) electrons. The van der Waals surface area contributed by atoms with Crippen molar-refractivity contribution in [2.24, 2.45) is 0 Å². The number of aryl methyl sites for hydroxylation is 1. The van der Waals surface area contributed by atoms with E-state index in [1.165, 1.54) is 0 Å². The minimum Gasteiger partial charge on any atom is -0.421 e. The molecule has 0 fully saturated rings. The van der Waals surface area contributed by atoms with E-state index >= 15 is 0 Å². The molecule has 0 spiro atoms. The number of hydrogen-bond acceptors (Lipinski definition) is 9. The molecule has 172 valence electrons. The Bertz CT molecular complexity index is 1320. The van der Waals surface area contributed by atoms with Crippen LogP contribution < -0.4 is 16.0 Å². The van der Waals surface area contributed by atoms with Gasteiger partial charge in [-0.1, -0.05) is 30.3 Å². The lowest BCUT2D eigenvalue weighted by atomic mass is 10.00. The summed E-state index contributed by atoms with van der Waals surface area (Å²) < 4.78 is 5.60. The molecule has 2 aromatic heterocycles. The first-order valence-electron chi connectivity index (χ1n) is 10.9. The van der Waals surface area contributed by atoms with Crippen LogP contribution in [0.4, 0.5) is 17.5 Å². The van der Waals surface area contributed by atoms with Crippen LogP contribution in [0.15, 0.2) is 59.1 Å². The normalized spacial score (nSPS) is 13.6. The standard InChI is InChI=1S/C24H23N7O3/c1-14-30-31-23(34-14)19-12-26-24(27-17-7-8-18-16(11-17)9-10-25-22(18)33)29-21(19)28-20(13-32)15-5-3-2-4-6-15/h2-8,11-12,20,32H,9-10,13H2,1H3,(H,25,33)(H2,26,27,28,29)/t20-/m1/s1. The number of rotatable bonds is 7. The van der Waals surface area contributed by atoms with Gasteiger partial charge in [0, 0.05) is 30.9 Å². The quantitative estimate of drug-likeness (QED) is 0.330. The van der Waals surface area contributed by atoms with Crippen LogP contribution >= 0.6 is 0 Å². The van der Waals surface area contributed by atoms with Crippen molar-refractivity contribution in [2.45, 2.75) is 19.4 Å². The van der Waals surface area contributed by atoms with Crippen molar-refractivity contribution < 1.29 is 14.3 Å². The summed E-state index contributed by atoms with van der Waals surface area (Å²) in [5, 5.41) is 27.4. The van der Waals surface area contributed by atoms with E-state index < -0.39 is 6.04 Å². The fourth-order valence-electron chi connectivity index (χ4n) is 3.83. The first-order chi connectivity index (χ1) is 16.6. The minimum atomic E-state index is -0.408. The number of hydrogen-bond donors (Lipinski definition) is 4. The van der Waals surface area contributed by atoms with Gasteiger partial charge >= 0.3 is 0 Å². The Labute approximate surface area is 195 Å². The zero-order valence-electron chi connectivity index (χ0n) is 18.4. The number of fused-ring (bicyclic) bond motifs is 1. The zero-order chi connectivity index (χ0) is 23.5. The Morgan fingerprint density at radius 1 is 1.15 bits per heavy atom. The van der Waals surface area contributed by atoms with Crippen molar-refractivity contribution in [3.63, 3.8) is 0 Å². The lowest BCUT2D eigenvalue weighted by Crippen LogP contribution is -2.31. The Hall–Kier alpha value is -4.31. The second-order valence-corrected chi connectivity index (χ2v) is 7.88. The molecule has 10 heteroatoms. The molecule has 3 heterocycles. The summed E-state index contributed by atoms with van der Waals surface area (Å²) in [5.41, 5.74) is 3.83. The molecule has 1 amide bonds. The molecule has 0 saturated heterocycles. The summed E-state index contributed by atoms with van der Waals surface area (Å²) in [4.78, 5) is 21.1. The lowest BCUT2D eigenvalue weighted by Gasteiger charge is -2.20.